The minimum Gasteiger partial charge on any atom is -0.449 e. The maximum atomic E-state index is 14.8. The van der Waals surface area contributed by atoms with E-state index in [4.69, 9.17) is 29.4 Å². The van der Waals surface area contributed by atoms with Gasteiger partial charge in [0.15, 0.2) is 0 Å². The number of carbonyl (C=O) groups is 12. The van der Waals surface area contributed by atoms with E-state index in [2.05, 4.69) is 58.2 Å². The third-order valence-corrected chi connectivity index (χ3v) is 22.4. The van der Waals surface area contributed by atoms with Gasteiger partial charge in [0.2, 0.25) is 47.3 Å². The highest BCUT2D eigenvalue weighted by atomic mass is 32.1. The Bertz CT molecular complexity index is 4170. The third kappa shape index (κ3) is 28.2. The van der Waals surface area contributed by atoms with E-state index in [-0.39, 0.29) is 93.8 Å². The summed E-state index contributed by atoms with van der Waals surface area (Å²) in [5, 5.41) is 30.0. The summed E-state index contributed by atoms with van der Waals surface area (Å²) in [4.78, 5) is 173. The average molecular weight is 1670 g/mol. The van der Waals surface area contributed by atoms with Crippen LogP contribution in [0, 0.1) is 23.7 Å². The first kappa shape index (κ1) is 95.4. The fraction of sp³-hybridized carbons (Fsp3) is 0.552. The van der Waals surface area contributed by atoms with Crippen molar-refractivity contribution in [2.75, 3.05) is 52.8 Å². The summed E-state index contributed by atoms with van der Waals surface area (Å²) in [5.41, 5.74) is 8.88. The molecule has 0 bridgehead atoms. The van der Waals surface area contributed by atoms with Gasteiger partial charge in [-0.1, -0.05) is 146 Å². The number of fused-ring (bicyclic) bond motifs is 3. The minimum atomic E-state index is -1.63. The third-order valence-electron chi connectivity index (χ3n) is 21.5. The van der Waals surface area contributed by atoms with Crippen molar-refractivity contribution < 1.29 is 81.2 Å². The molecular weight excluding hydrogens is 1550 g/mol. The van der Waals surface area contributed by atoms with Crippen molar-refractivity contribution in [3.63, 3.8) is 0 Å². The first-order valence-corrected chi connectivity index (χ1v) is 41.9. The molecule has 12 N–H and O–H groups in total. The summed E-state index contributed by atoms with van der Waals surface area (Å²) >= 11 is 1.46. The number of amides is 13. The van der Waals surface area contributed by atoms with Crippen molar-refractivity contribution in [2.45, 2.75) is 238 Å². The van der Waals surface area contributed by atoms with Gasteiger partial charge >= 0.3 is 24.3 Å². The van der Waals surface area contributed by atoms with Crippen LogP contribution in [0.15, 0.2) is 115 Å². The number of hydrogen-bond donors (Lipinski definition) is 11. The number of alkyl carbamates (subject to hydrolysis) is 3. The molecule has 0 radical (unpaired) electrons. The van der Waals surface area contributed by atoms with Gasteiger partial charge < -0.3 is 92.4 Å². The lowest BCUT2D eigenvalue weighted by molar-refractivity contribution is -0.148. The molecular formula is C87H124N14O17S. The van der Waals surface area contributed by atoms with Crippen LogP contribution in [0.5, 0.6) is 0 Å². The number of rotatable bonds is 43. The van der Waals surface area contributed by atoms with E-state index >= 15 is 0 Å². The monoisotopic (exact) mass is 1670 g/mol. The summed E-state index contributed by atoms with van der Waals surface area (Å²) in [6.45, 7) is 22.4. The molecule has 0 unspecified atom stereocenters. The Kier molecular flexibility index (Phi) is 36.4. The zero-order chi connectivity index (χ0) is 87.4. The van der Waals surface area contributed by atoms with Gasteiger partial charge in [0, 0.05) is 64.1 Å². The maximum absolute atomic E-state index is 14.8. The molecule has 2 aliphatic rings. The molecule has 119 heavy (non-hydrogen) atoms. The van der Waals surface area contributed by atoms with E-state index in [0.29, 0.717) is 44.2 Å². The summed E-state index contributed by atoms with van der Waals surface area (Å²) in [6.07, 6.45) is 0.928. The van der Waals surface area contributed by atoms with Crippen LogP contribution in [0.25, 0.3) is 11.1 Å². The normalized spacial score (nSPS) is 16.0. The molecule has 2 heterocycles. The second kappa shape index (κ2) is 45.4. The molecule has 1 fully saturated rings. The largest absolute Gasteiger partial charge is 0.449 e. The smallest absolute Gasteiger partial charge is 0.408 e. The lowest BCUT2D eigenvalue weighted by atomic mass is 9.89. The number of nitrogens with two attached hydrogens (primary N) is 1. The van der Waals surface area contributed by atoms with Crippen molar-refractivity contribution in [3.8, 4) is 11.1 Å². The van der Waals surface area contributed by atoms with Crippen molar-refractivity contribution in [2.24, 2.45) is 29.4 Å². The fourth-order valence-corrected chi connectivity index (χ4v) is 15.5. The van der Waals surface area contributed by atoms with Crippen LogP contribution in [0.3, 0.4) is 0 Å². The molecule has 5 aromatic rings. The first-order chi connectivity index (χ1) is 56.4. The number of thiazole rings is 1. The number of benzene rings is 4. The molecule has 1 aromatic heterocycles. The summed E-state index contributed by atoms with van der Waals surface area (Å²) < 4.78 is 28.8. The lowest BCUT2D eigenvalue weighted by Gasteiger charge is -2.41. The minimum absolute atomic E-state index is 0.0189. The van der Waals surface area contributed by atoms with Gasteiger partial charge in [0.1, 0.15) is 59.6 Å². The van der Waals surface area contributed by atoms with Crippen molar-refractivity contribution in [3.05, 3.63) is 142 Å². The van der Waals surface area contributed by atoms with E-state index in [9.17, 15) is 57.5 Å². The zero-order valence-corrected chi connectivity index (χ0v) is 72.3. The highest BCUT2D eigenvalue weighted by Crippen LogP contribution is 2.45. The number of nitrogens with zero attached hydrogens (tertiary/aromatic N) is 3. The number of unbranched alkanes of at least 4 members (excludes halogenated alkanes) is 1. The molecule has 1 saturated heterocycles. The number of primary amides is 1. The number of nitrogens with one attached hydrogen (secondary N) is 10. The number of ether oxygens (including phenoxy) is 5. The number of urea groups is 1. The summed E-state index contributed by atoms with van der Waals surface area (Å²) in [7, 11) is 4.67. The molecule has 1 aliphatic heterocycles. The van der Waals surface area contributed by atoms with Gasteiger partial charge in [0.05, 0.1) is 42.7 Å². The van der Waals surface area contributed by atoms with Gasteiger partial charge in [-0.25, -0.2) is 24.2 Å². The number of carbonyl (C=O) groups excluding carboxylic acids is 12. The molecule has 0 saturated carbocycles. The molecule has 4 aromatic carbocycles. The second-order valence-electron chi connectivity index (χ2n) is 32.8. The summed E-state index contributed by atoms with van der Waals surface area (Å²) in [5.74, 6) is -6.57. The van der Waals surface area contributed by atoms with Gasteiger partial charge in [-0.15, -0.1) is 11.3 Å². The second-order valence-corrected chi connectivity index (χ2v) is 33.7. The molecule has 7 rings (SSSR count). The number of aromatic nitrogens is 1. The topological polar surface area (TPSA) is 417 Å². The molecule has 0 spiro atoms. The van der Waals surface area contributed by atoms with Crippen molar-refractivity contribution in [1.82, 2.24) is 62.6 Å². The van der Waals surface area contributed by atoms with Gasteiger partial charge in [-0.3, -0.25) is 38.4 Å². The molecule has 13 amide bonds. The van der Waals surface area contributed by atoms with E-state index in [1.807, 2.05) is 98.1 Å². The molecule has 12 atom stereocenters. The highest BCUT2D eigenvalue weighted by molar-refractivity contribution is 7.09. The van der Waals surface area contributed by atoms with Gasteiger partial charge in [-0.2, -0.15) is 0 Å². The number of methoxy groups -OCH3 is 2. The van der Waals surface area contributed by atoms with Gasteiger partial charge in [0.25, 0.3) is 0 Å². The van der Waals surface area contributed by atoms with Crippen LogP contribution in [0.1, 0.15) is 187 Å². The molecule has 650 valence electrons. The highest BCUT2D eigenvalue weighted by Gasteiger charge is 2.45. The van der Waals surface area contributed by atoms with Crippen molar-refractivity contribution in [1.29, 1.82) is 0 Å². The van der Waals surface area contributed by atoms with Crippen LogP contribution in [-0.2, 0) is 75.1 Å². The van der Waals surface area contributed by atoms with E-state index in [0.717, 1.165) is 32.8 Å². The Morgan fingerprint density at radius 2 is 1.24 bits per heavy atom. The predicted octanol–water partition coefficient (Wildman–Crippen LogP) is 9.43. The Labute approximate surface area is 702 Å². The number of hydrogen-bond acceptors (Lipinski definition) is 19. The molecule has 1 aliphatic carbocycles. The Hall–Kier alpha value is -10.7. The van der Waals surface area contributed by atoms with E-state index in [1.54, 1.807) is 92.8 Å². The Morgan fingerprint density at radius 1 is 0.630 bits per heavy atom. The molecule has 32 heteroatoms. The van der Waals surface area contributed by atoms with Crippen LogP contribution in [0.4, 0.5) is 24.9 Å². The Balaban J connectivity index is 0.926. The lowest BCUT2D eigenvalue weighted by Crippen LogP contribution is -2.62. The zero-order valence-electron chi connectivity index (χ0n) is 71.5. The van der Waals surface area contributed by atoms with E-state index in [1.165, 1.54) is 56.3 Å². The van der Waals surface area contributed by atoms with Crippen LogP contribution < -0.4 is 58.9 Å². The van der Waals surface area contributed by atoms with Crippen LogP contribution in [-0.4, -0.2) is 200 Å². The van der Waals surface area contributed by atoms with Crippen LogP contribution >= 0.6 is 11.3 Å². The van der Waals surface area contributed by atoms with Crippen LogP contribution in [0.2, 0.25) is 0 Å². The average Bonchev–Trinajstić information content (AvgIpc) is 1.62. The fourth-order valence-electron chi connectivity index (χ4n) is 14.8. The van der Waals surface area contributed by atoms with E-state index < -0.39 is 143 Å². The van der Waals surface area contributed by atoms with Gasteiger partial charge in [-0.05, 0) is 156 Å². The van der Waals surface area contributed by atoms with Crippen molar-refractivity contribution >= 4 is 88.6 Å². The standard InChI is InChI=1S/C87H124N14O17S/c1-17-53(6)72(68(114-15)48-69(102)101-45-28-37-67(101)73(115-16)54(7)74(103)96-66(79-89-44-46-119-79)47-56-29-19-18-20-30-56)100(14)80(108)71(52(4)5)98-81(109)87(12,13)99-85(113)116-49-57-38-40-58(41-39-57)93-76(105)65(36-27-43-90-82(88)110)95-78(107)70(51(2)3)97-77(106)64(94-75(104)55(8)92-84(112)118-86(9,10)11)35-25-26-42-91-83(111)117-50-63-61-33-23-21-31-59(61)60-32-22-24-34-62(60)63/h18-24,29-34,38-41,44,46,51-55,63-68,70-73H,17,25-28,35-37,42-43,45,47-50H2,1-16H3,(H,91,111)(H,92,112)(H,93,105)(H,94,104)(H,95,107)(H,96,103)(H,97,106)(H,98,109)(H,99,113)(H3,88,90,110)/t53-,54+,55+,64-,65-,66-,67-,68+,70-,71-,72-,73+/m0/s1. The number of likely N-dealkylation sites (tertiary alicyclic amines) is 1. The first-order valence-electron chi connectivity index (χ1n) is 41.0. The molecule has 31 nitrogen and oxygen atoms in total. The summed E-state index contributed by atoms with van der Waals surface area (Å²) in [6, 6.07) is 23.7. The maximum Gasteiger partial charge on any atom is 0.408 e. The number of likely N-dealkylation sites (N-methyl/N-ethyl adjacent to an activating group) is 1. The predicted molar refractivity (Wildman–Crippen MR) is 452 cm³/mol. The quantitative estimate of drug-likeness (QED) is 0.0128. The SMILES string of the molecule is CC[C@H](C)[C@@H]([C@@H](CC(=O)N1CCC[C@H]1[C@H](OC)[C@@H](C)C(=O)N[C@@H](Cc1ccccc1)c1nccs1)OC)N(C)C(=O)[C@@H](NC(=O)C(C)(C)NC(=O)OCc1ccc(NC(=O)[C@H](CCCNC(N)=O)NC(=O)[C@@H](NC(=O)[C@H](CCCCNC(=O)OCC2c3ccccc3-c3ccccc32)NC(=O)[C@@H](C)NC(=O)OC(C)(C)C)C(C)C)cc1)C(C)C. The Morgan fingerprint density at radius 3 is 1.84 bits per heavy atom. The number of anilines is 1.